The van der Waals surface area contributed by atoms with Gasteiger partial charge in [-0.25, -0.2) is 10.7 Å². The molecule has 0 aromatic heterocycles. The van der Waals surface area contributed by atoms with Crippen LogP contribution in [0.4, 0.5) is 17.1 Å². The molecule has 0 saturated carbocycles. The van der Waals surface area contributed by atoms with Crippen LogP contribution >= 0.6 is 0 Å². The number of methoxy groups -OCH3 is 2. The van der Waals surface area contributed by atoms with Crippen LogP contribution in [0.3, 0.4) is 0 Å². The molecule has 56 heavy (non-hydrogen) atoms. The number of benzene rings is 4. The number of nitrogens with one attached hydrogen (secondary N) is 3. The lowest BCUT2D eigenvalue weighted by atomic mass is 9.92. The number of rotatable bonds is 15. The summed E-state index contributed by atoms with van der Waals surface area (Å²) in [5, 5.41) is 19.0. The number of nitrogens with zero attached hydrogens (tertiary/aromatic N) is 2. The molecular formula is C42H43N5O9. The van der Waals surface area contributed by atoms with Crippen molar-refractivity contribution < 1.29 is 43.8 Å². The van der Waals surface area contributed by atoms with Crippen molar-refractivity contribution in [2.75, 3.05) is 38.1 Å². The van der Waals surface area contributed by atoms with Gasteiger partial charge in [-0.2, -0.15) is 0 Å². The Hall–Kier alpha value is -6.35. The van der Waals surface area contributed by atoms with Gasteiger partial charge in [0, 0.05) is 48.2 Å². The molecule has 0 radical (unpaired) electrons. The Morgan fingerprint density at radius 2 is 1.68 bits per heavy atom. The monoisotopic (exact) mass is 761 g/mol. The number of ether oxygens (including phenoxy) is 4. The molecule has 1 atom stereocenters. The number of anilines is 2. The van der Waals surface area contributed by atoms with Gasteiger partial charge in [0.25, 0.3) is 5.91 Å². The van der Waals surface area contributed by atoms with Gasteiger partial charge in [-0.3, -0.25) is 14.6 Å². The maximum Gasteiger partial charge on any atom is 0.260 e. The molecule has 1 aliphatic carbocycles. The van der Waals surface area contributed by atoms with Crippen LogP contribution in [0, 0.1) is 0 Å². The minimum Gasteiger partial charge on any atom is -0.493 e. The third-order valence-corrected chi connectivity index (χ3v) is 10.0. The highest BCUT2D eigenvalue weighted by Gasteiger charge is 2.31. The van der Waals surface area contributed by atoms with E-state index in [2.05, 4.69) is 56.1 Å². The standard InChI is InChI=1S/C42H43N5O9/c1-43-35-20-40(39(52-3)19-34(35)42(49)47-13-12-28-8-5-7-11-37(28)47)53-23-26-14-27(16-30(15-26)46-55-56-50)24-54-41-21-36-33(18-38(41)51-2)32-10-6-4-9-29(32)17-31(22-44-36)45-25-48/h4,6,8-11,14-16,18-21,25,31,44,46,50H,1,5,7,12-13,17,22-24H2,2-3H3,(H,45,48). The van der Waals surface area contributed by atoms with Crippen molar-refractivity contribution in [1.29, 1.82) is 0 Å². The van der Waals surface area contributed by atoms with Gasteiger partial charge in [0.1, 0.15) is 13.2 Å². The summed E-state index contributed by atoms with van der Waals surface area (Å²) in [4.78, 5) is 35.7. The molecule has 2 heterocycles. The molecule has 2 amide bonds. The Labute approximate surface area is 324 Å². The molecule has 14 nitrogen and oxygen atoms in total. The van der Waals surface area contributed by atoms with E-state index in [1.54, 1.807) is 36.3 Å². The van der Waals surface area contributed by atoms with E-state index in [0.717, 1.165) is 59.3 Å². The molecule has 3 aliphatic rings. The molecule has 0 spiro atoms. The van der Waals surface area contributed by atoms with E-state index in [-0.39, 0.29) is 25.2 Å². The Bertz CT molecular complexity index is 2190. The van der Waals surface area contributed by atoms with Crippen LogP contribution in [0.15, 0.2) is 95.1 Å². The summed E-state index contributed by atoms with van der Waals surface area (Å²) in [6.45, 7) is 5.01. The van der Waals surface area contributed by atoms with Crippen LogP contribution in [0.1, 0.15) is 46.3 Å². The summed E-state index contributed by atoms with van der Waals surface area (Å²) >= 11 is 0. The van der Waals surface area contributed by atoms with Crippen molar-refractivity contribution >= 4 is 36.1 Å². The van der Waals surface area contributed by atoms with Crippen LogP contribution in [0.2, 0.25) is 0 Å². The highest BCUT2D eigenvalue weighted by molar-refractivity contribution is 6.01. The largest absolute Gasteiger partial charge is 0.493 e. The van der Waals surface area contributed by atoms with E-state index in [9.17, 15) is 9.59 Å². The minimum absolute atomic E-state index is 0.0669. The van der Waals surface area contributed by atoms with Crippen molar-refractivity contribution in [3.05, 3.63) is 112 Å². The number of carbonyl (C=O) groups is 2. The van der Waals surface area contributed by atoms with Crippen LogP contribution in [0.25, 0.3) is 11.1 Å². The summed E-state index contributed by atoms with van der Waals surface area (Å²) in [6.07, 6.45) is 8.40. The van der Waals surface area contributed by atoms with E-state index >= 15 is 0 Å². The highest BCUT2D eigenvalue weighted by atomic mass is 17.5. The fraction of sp³-hybridized carbons (Fsp3) is 0.262. The molecule has 1 unspecified atom stereocenters. The zero-order valence-electron chi connectivity index (χ0n) is 31.1. The van der Waals surface area contributed by atoms with Gasteiger partial charge in [-0.15, -0.1) is 0 Å². The normalized spacial score (nSPS) is 15.6. The van der Waals surface area contributed by atoms with Crippen LogP contribution in [0.5, 0.6) is 23.0 Å². The molecule has 1 saturated heterocycles. The molecule has 0 bridgehead atoms. The van der Waals surface area contributed by atoms with E-state index in [1.807, 2.05) is 36.4 Å². The van der Waals surface area contributed by atoms with Gasteiger partial charge in [0.15, 0.2) is 23.0 Å². The first-order chi connectivity index (χ1) is 27.4. The summed E-state index contributed by atoms with van der Waals surface area (Å²) in [5.74, 6) is 1.58. The fourth-order valence-corrected chi connectivity index (χ4v) is 7.38. The van der Waals surface area contributed by atoms with Gasteiger partial charge < -0.3 is 34.5 Å². The maximum absolute atomic E-state index is 13.8. The SMILES string of the molecule is C=Nc1cc(OCc2cc(COc3cc4c(cc3OC)-c3ccccc3CC(NC=O)CN4)cc(NOOO)c2)c(OC)cc1C(=O)N1CCC2=CCCC=C21. The Kier molecular flexibility index (Phi) is 11.8. The predicted octanol–water partition coefficient (Wildman–Crippen LogP) is 7.14. The van der Waals surface area contributed by atoms with Crippen molar-refractivity contribution in [3.63, 3.8) is 0 Å². The quantitative estimate of drug-likeness (QED) is 0.0422. The summed E-state index contributed by atoms with van der Waals surface area (Å²) in [5.41, 5.74) is 11.2. The molecule has 4 aromatic carbocycles. The zero-order chi connectivity index (χ0) is 39.0. The fourth-order valence-electron chi connectivity index (χ4n) is 7.38. The molecule has 7 rings (SSSR count). The lowest BCUT2D eigenvalue weighted by molar-refractivity contribution is -0.478. The number of likely N-dealkylation sites (tertiary alicyclic amines) is 1. The average Bonchev–Trinajstić information content (AvgIpc) is 3.66. The van der Waals surface area contributed by atoms with E-state index in [1.165, 1.54) is 12.7 Å². The van der Waals surface area contributed by atoms with Crippen molar-refractivity contribution in [2.45, 2.75) is 44.9 Å². The Morgan fingerprint density at radius 1 is 0.946 bits per heavy atom. The number of hydrogen-bond donors (Lipinski definition) is 4. The number of hydrogen-bond acceptors (Lipinski definition) is 12. The number of fused-ring (bicyclic) bond motifs is 4. The lowest BCUT2D eigenvalue weighted by Gasteiger charge is -2.26. The van der Waals surface area contributed by atoms with Crippen molar-refractivity contribution in [3.8, 4) is 34.1 Å². The minimum atomic E-state index is -0.176. The van der Waals surface area contributed by atoms with Crippen LogP contribution < -0.4 is 35.1 Å². The summed E-state index contributed by atoms with van der Waals surface area (Å²) in [7, 11) is 3.10. The maximum atomic E-state index is 13.8. The number of aliphatic imine (C=N–C) groups is 1. The lowest BCUT2D eigenvalue weighted by Crippen LogP contribution is -2.37. The Balaban J connectivity index is 1.12. The first-order valence-electron chi connectivity index (χ1n) is 18.2. The molecule has 4 N–H and O–H groups in total. The van der Waals surface area contributed by atoms with Crippen molar-refractivity contribution in [1.82, 2.24) is 10.2 Å². The second kappa shape index (κ2) is 17.4. The summed E-state index contributed by atoms with van der Waals surface area (Å²) in [6, 6.07) is 20.5. The van der Waals surface area contributed by atoms with E-state index < -0.39 is 0 Å². The van der Waals surface area contributed by atoms with Crippen LogP contribution in [-0.4, -0.2) is 62.5 Å². The zero-order valence-corrected chi connectivity index (χ0v) is 31.1. The number of amides is 2. The van der Waals surface area contributed by atoms with E-state index in [4.69, 9.17) is 24.2 Å². The summed E-state index contributed by atoms with van der Waals surface area (Å²) < 4.78 is 24.1. The van der Waals surface area contributed by atoms with Gasteiger partial charge in [-0.1, -0.05) is 41.4 Å². The highest BCUT2D eigenvalue weighted by Crippen LogP contribution is 2.42. The first-order valence-corrected chi connectivity index (χ1v) is 18.2. The van der Waals surface area contributed by atoms with E-state index in [0.29, 0.717) is 65.0 Å². The Morgan fingerprint density at radius 3 is 2.41 bits per heavy atom. The molecule has 14 heteroatoms. The van der Waals surface area contributed by atoms with Crippen molar-refractivity contribution in [2.24, 2.45) is 4.99 Å². The molecule has 1 fully saturated rings. The topological polar surface area (TPSA) is 161 Å². The third-order valence-electron chi connectivity index (χ3n) is 10.0. The number of allylic oxidation sites excluding steroid dienone is 3. The molecule has 2 aliphatic heterocycles. The molecule has 290 valence electrons. The predicted molar refractivity (Wildman–Crippen MR) is 210 cm³/mol. The number of carbonyl (C=O) groups excluding carboxylic acids is 2. The third kappa shape index (κ3) is 8.17. The van der Waals surface area contributed by atoms with Gasteiger partial charge in [0.05, 0.1) is 31.2 Å². The van der Waals surface area contributed by atoms with Gasteiger partial charge in [-0.05, 0) is 95.6 Å². The first kappa shape index (κ1) is 37.9. The van der Waals surface area contributed by atoms with Gasteiger partial charge in [0.2, 0.25) is 6.41 Å². The molecular weight excluding hydrogens is 718 g/mol. The molecule has 4 aromatic rings. The van der Waals surface area contributed by atoms with Crippen LogP contribution in [-0.2, 0) is 34.5 Å². The second-order valence-electron chi connectivity index (χ2n) is 13.4. The second-order valence-corrected chi connectivity index (χ2v) is 13.4. The average molecular weight is 762 g/mol. The smallest absolute Gasteiger partial charge is 0.260 e. The van der Waals surface area contributed by atoms with Gasteiger partial charge >= 0.3 is 0 Å².